The molecule has 0 spiro atoms. The van der Waals surface area contributed by atoms with Crippen LogP contribution in [0.1, 0.15) is 5.56 Å². The molecule has 0 saturated carbocycles. The zero-order valence-electron chi connectivity index (χ0n) is 11.8. The third kappa shape index (κ3) is 4.80. The van der Waals surface area contributed by atoms with Crippen molar-refractivity contribution < 1.29 is 14.1 Å². The predicted molar refractivity (Wildman–Crippen MR) is 86.5 cm³/mol. The van der Waals surface area contributed by atoms with Crippen LogP contribution in [0.15, 0.2) is 73.1 Å². The number of halogens is 3. The summed E-state index contributed by atoms with van der Waals surface area (Å²) in [6.07, 6.45) is 3.88. The molecule has 2 aromatic carbocycles. The Bertz CT molecular complexity index is 630. The van der Waals surface area contributed by atoms with Crippen LogP contribution in [-0.2, 0) is 6.54 Å². The zero-order chi connectivity index (χ0) is 12.2. The first kappa shape index (κ1) is 21.8. The molecule has 115 valence electrons. The molecule has 3 rings (SSSR count). The fourth-order valence-corrected chi connectivity index (χ4v) is 2.06. The third-order valence-corrected chi connectivity index (χ3v) is 2.94. The van der Waals surface area contributed by atoms with E-state index in [1.807, 2.05) is 36.7 Å². The molecule has 0 aliphatic rings. The Labute approximate surface area is 129 Å². The van der Waals surface area contributed by atoms with Gasteiger partial charge in [-0.05, 0) is 5.56 Å². The molecule has 0 bridgehead atoms. The number of hydrogen-bond acceptors (Lipinski definition) is 1. The Hall–Kier alpha value is -2.50. The molecule has 3 aromatic rings. The minimum absolute atomic E-state index is 0. The fourth-order valence-electron chi connectivity index (χ4n) is 2.06. The van der Waals surface area contributed by atoms with Crippen molar-refractivity contribution in [2.24, 2.45) is 0 Å². The summed E-state index contributed by atoms with van der Waals surface area (Å²) in [5.74, 6) is 1.01. The van der Waals surface area contributed by atoms with E-state index in [0.29, 0.717) is 0 Å². The maximum atomic E-state index is 4.45. The average Bonchev–Trinajstić information content (AvgIpc) is 2.89. The van der Waals surface area contributed by atoms with Crippen molar-refractivity contribution in [1.29, 1.82) is 0 Å². The van der Waals surface area contributed by atoms with Crippen LogP contribution in [0.2, 0.25) is 0 Å². The van der Waals surface area contributed by atoms with Crippen LogP contribution in [0.25, 0.3) is 11.4 Å². The summed E-state index contributed by atoms with van der Waals surface area (Å²) in [6.45, 7) is 0.852. The summed E-state index contributed by atoms with van der Waals surface area (Å²) in [4.78, 5) is 4.45. The van der Waals surface area contributed by atoms with E-state index >= 15 is 0 Å². The lowest BCUT2D eigenvalue weighted by molar-refractivity contribution is 0.807. The van der Waals surface area contributed by atoms with Gasteiger partial charge >= 0.3 is 0 Å². The van der Waals surface area contributed by atoms with Gasteiger partial charge in [-0.3, -0.25) is 14.1 Å². The van der Waals surface area contributed by atoms with Crippen molar-refractivity contribution >= 4 is 8.41 Å². The molecule has 0 fully saturated rings. The second kappa shape index (κ2) is 10.3. The second-order valence-electron chi connectivity index (χ2n) is 4.23. The van der Waals surface area contributed by atoms with Crippen LogP contribution < -0.4 is 0 Å². The van der Waals surface area contributed by atoms with Crippen molar-refractivity contribution in [3.63, 3.8) is 0 Å². The molecule has 1 aromatic heterocycles. The maximum absolute atomic E-state index is 4.45. The van der Waals surface area contributed by atoms with Gasteiger partial charge < -0.3 is 4.57 Å². The van der Waals surface area contributed by atoms with E-state index in [4.69, 9.17) is 0 Å². The van der Waals surface area contributed by atoms with Gasteiger partial charge in [-0.1, -0.05) is 60.7 Å². The topological polar surface area (TPSA) is 17.8 Å². The highest BCUT2D eigenvalue weighted by Crippen LogP contribution is 2.17. The van der Waals surface area contributed by atoms with Crippen LogP contribution in [-0.4, -0.2) is 18.0 Å². The largest absolute Gasteiger partial charge is 0.327 e. The SMILES string of the molecule is F.F.F.[B].c1ccc(Cn2ccnc2-c2ccccc2)cc1. The van der Waals surface area contributed by atoms with E-state index in [-0.39, 0.29) is 22.5 Å². The number of benzene rings is 2. The summed E-state index contributed by atoms with van der Waals surface area (Å²) < 4.78 is 2.17. The Balaban J connectivity index is 0. The number of hydrogen-bond donors (Lipinski definition) is 0. The number of imidazole rings is 1. The van der Waals surface area contributed by atoms with Crippen molar-refractivity contribution in [3.8, 4) is 11.4 Å². The van der Waals surface area contributed by atoms with Crippen LogP contribution in [0.5, 0.6) is 0 Å². The van der Waals surface area contributed by atoms with Crippen LogP contribution in [0, 0.1) is 0 Å². The molecule has 0 amide bonds. The van der Waals surface area contributed by atoms with E-state index in [1.54, 1.807) is 0 Å². The second-order valence-corrected chi connectivity index (χ2v) is 4.23. The summed E-state index contributed by atoms with van der Waals surface area (Å²) in [7, 11) is 0. The van der Waals surface area contributed by atoms with E-state index in [1.165, 1.54) is 5.56 Å². The third-order valence-electron chi connectivity index (χ3n) is 2.94. The van der Waals surface area contributed by atoms with Crippen molar-refractivity contribution in [1.82, 2.24) is 9.55 Å². The quantitative estimate of drug-likeness (QED) is 0.675. The molecule has 0 unspecified atom stereocenters. The molecule has 0 aliphatic heterocycles. The first-order valence-corrected chi connectivity index (χ1v) is 6.04. The smallest absolute Gasteiger partial charge is 0.140 e. The van der Waals surface area contributed by atoms with Gasteiger partial charge in [0.1, 0.15) is 5.82 Å². The zero-order valence-corrected chi connectivity index (χ0v) is 11.8. The fraction of sp³-hybridized carbons (Fsp3) is 0.0625. The lowest BCUT2D eigenvalue weighted by atomic mass is 10.2. The predicted octanol–water partition coefficient (Wildman–Crippen LogP) is 3.68. The highest BCUT2D eigenvalue weighted by Gasteiger charge is 2.05. The van der Waals surface area contributed by atoms with E-state index in [9.17, 15) is 0 Å². The summed E-state index contributed by atoms with van der Waals surface area (Å²) in [5, 5.41) is 0. The van der Waals surface area contributed by atoms with Gasteiger partial charge in [-0.25, -0.2) is 4.98 Å². The molecule has 0 aliphatic carbocycles. The summed E-state index contributed by atoms with van der Waals surface area (Å²) >= 11 is 0. The monoisotopic (exact) mass is 305 g/mol. The minimum Gasteiger partial charge on any atom is -0.327 e. The van der Waals surface area contributed by atoms with Gasteiger partial charge in [0.05, 0.1) is 0 Å². The van der Waals surface area contributed by atoms with E-state index in [2.05, 4.69) is 45.9 Å². The first-order chi connectivity index (χ1) is 8.93. The Morgan fingerprint density at radius 2 is 1.32 bits per heavy atom. The van der Waals surface area contributed by atoms with Gasteiger partial charge in [0.2, 0.25) is 0 Å². The molecule has 22 heavy (non-hydrogen) atoms. The van der Waals surface area contributed by atoms with Gasteiger partial charge in [-0.2, -0.15) is 0 Å². The molecule has 0 N–H and O–H groups in total. The number of rotatable bonds is 3. The minimum atomic E-state index is 0. The van der Waals surface area contributed by atoms with Crippen LogP contribution in [0.3, 0.4) is 0 Å². The lowest BCUT2D eigenvalue weighted by Gasteiger charge is -2.07. The molecule has 0 atom stereocenters. The Morgan fingerprint density at radius 1 is 0.773 bits per heavy atom. The molecular weight excluding hydrogens is 288 g/mol. The Morgan fingerprint density at radius 3 is 1.91 bits per heavy atom. The maximum Gasteiger partial charge on any atom is 0.140 e. The summed E-state index contributed by atoms with van der Waals surface area (Å²) in [5.41, 5.74) is 2.44. The van der Waals surface area contributed by atoms with Gasteiger partial charge in [0, 0.05) is 32.9 Å². The summed E-state index contributed by atoms with van der Waals surface area (Å²) in [6, 6.07) is 20.7. The number of aromatic nitrogens is 2. The Kier molecular flexibility index (Phi) is 10.2. The van der Waals surface area contributed by atoms with Gasteiger partial charge in [-0.15, -0.1) is 0 Å². The first-order valence-electron chi connectivity index (χ1n) is 6.04. The van der Waals surface area contributed by atoms with Crippen molar-refractivity contribution in [2.75, 3.05) is 0 Å². The normalized spacial score (nSPS) is 8.55. The number of nitrogens with zero attached hydrogens (tertiary/aromatic N) is 2. The highest BCUT2D eigenvalue weighted by atomic mass is 19.0. The molecular formula is C16H17BF3N2. The molecule has 1 heterocycles. The molecule has 0 saturated heterocycles. The highest BCUT2D eigenvalue weighted by molar-refractivity contribution is 5.75. The van der Waals surface area contributed by atoms with E-state index < -0.39 is 0 Å². The molecule has 6 heteroatoms. The average molecular weight is 305 g/mol. The van der Waals surface area contributed by atoms with Crippen LogP contribution in [0.4, 0.5) is 14.1 Å². The van der Waals surface area contributed by atoms with E-state index in [0.717, 1.165) is 17.9 Å². The van der Waals surface area contributed by atoms with Crippen molar-refractivity contribution in [2.45, 2.75) is 6.54 Å². The van der Waals surface area contributed by atoms with Gasteiger partial charge in [0.25, 0.3) is 0 Å². The molecule has 2 nitrogen and oxygen atoms in total. The standard InChI is InChI=1S/C16H14N2.B.3FH/c1-3-7-14(8-4-1)13-18-12-11-17-16(18)15-9-5-2-6-10-15;;;;/h1-12H,13H2;;3*1H. The van der Waals surface area contributed by atoms with Gasteiger partial charge in [0.15, 0.2) is 0 Å². The molecule has 3 radical (unpaired) electrons. The van der Waals surface area contributed by atoms with Crippen molar-refractivity contribution in [3.05, 3.63) is 78.6 Å². The van der Waals surface area contributed by atoms with Crippen LogP contribution >= 0.6 is 0 Å². The lowest BCUT2D eigenvalue weighted by Crippen LogP contribution is -2.00.